The van der Waals surface area contributed by atoms with E-state index < -0.39 is 10.0 Å². The van der Waals surface area contributed by atoms with Crippen molar-refractivity contribution < 1.29 is 18.1 Å². The van der Waals surface area contributed by atoms with Crippen LogP contribution in [0.4, 0.5) is 0 Å². The minimum atomic E-state index is -3.19. The molecule has 108 valence electrons. The number of ether oxygens (including phenoxy) is 1. The van der Waals surface area contributed by atoms with Gasteiger partial charge in [0.1, 0.15) is 19.1 Å². The Morgan fingerprint density at radius 1 is 1.42 bits per heavy atom. The Balaban J connectivity index is 2.18. The van der Waals surface area contributed by atoms with Gasteiger partial charge in [-0.25, -0.2) is 13.1 Å². The molecule has 2 heterocycles. The number of thiophene rings is 1. The fourth-order valence-electron chi connectivity index (χ4n) is 2.62. The van der Waals surface area contributed by atoms with Crippen LogP contribution in [0.3, 0.4) is 0 Å². The standard InChI is InChI=1S/C12H20N2O3S2/c1-10(13-19(2,15)16)12(11-4-3-9-18-11)14-5-7-17-8-6-14/h3-4,9-10,12-13H,5-8H2,1-2H3/p+1/t10-,12+/m1/s1. The number of sulfonamides is 1. The maximum atomic E-state index is 11.5. The van der Waals surface area contributed by atoms with Crippen LogP contribution in [0.15, 0.2) is 17.5 Å². The van der Waals surface area contributed by atoms with E-state index in [9.17, 15) is 8.42 Å². The van der Waals surface area contributed by atoms with Gasteiger partial charge in [-0.15, -0.1) is 11.3 Å². The fraction of sp³-hybridized carbons (Fsp3) is 0.667. The number of hydrogen-bond donors (Lipinski definition) is 2. The molecule has 2 N–H and O–H groups in total. The topological polar surface area (TPSA) is 59.8 Å². The fourth-order valence-corrected chi connectivity index (χ4v) is 4.42. The molecule has 0 aromatic carbocycles. The first kappa shape index (κ1) is 14.9. The predicted molar refractivity (Wildman–Crippen MR) is 76.0 cm³/mol. The predicted octanol–water partition coefficient (Wildman–Crippen LogP) is -0.358. The average molecular weight is 305 g/mol. The SMILES string of the molecule is C[C@@H](NS(C)(=O)=O)[C@@H](c1cccs1)[NH+]1CCOCC1. The Kier molecular flexibility index (Phi) is 4.97. The molecule has 0 bridgehead atoms. The smallest absolute Gasteiger partial charge is 0.209 e. The molecule has 1 aromatic rings. The van der Waals surface area contributed by atoms with Crippen LogP contribution in [-0.4, -0.2) is 47.0 Å². The number of hydrogen-bond acceptors (Lipinski definition) is 4. The third-order valence-corrected chi connectivity index (χ3v) is 5.08. The first-order chi connectivity index (χ1) is 8.97. The number of morpholine rings is 1. The van der Waals surface area contributed by atoms with Gasteiger partial charge in [-0.1, -0.05) is 6.07 Å². The summed E-state index contributed by atoms with van der Waals surface area (Å²) >= 11 is 1.68. The lowest BCUT2D eigenvalue weighted by Gasteiger charge is -2.34. The van der Waals surface area contributed by atoms with Crippen LogP contribution >= 0.6 is 11.3 Å². The van der Waals surface area contributed by atoms with Crippen LogP contribution in [0.25, 0.3) is 0 Å². The van der Waals surface area contributed by atoms with E-state index >= 15 is 0 Å². The monoisotopic (exact) mass is 305 g/mol. The Bertz CT molecular complexity index is 481. The van der Waals surface area contributed by atoms with E-state index in [0.29, 0.717) is 0 Å². The molecule has 1 aliphatic rings. The molecule has 0 amide bonds. The average Bonchev–Trinajstić information content (AvgIpc) is 2.82. The van der Waals surface area contributed by atoms with E-state index in [1.165, 1.54) is 16.0 Å². The molecule has 5 nitrogen and oxygen atoms in total. The second kappa shape index (κ2) is 6.32. The van der Waals surface area contributed by atoms with Gasteiger partial charge >= 0.3 is 0 Å². The summed E-state index contributed by atoms with van der Waals surface area (Å²) in [5.41, 5.74) is 0. The zero-order valence-corrected chi connectivity index (χ0v) is 12.9. The maximum Gasteiger partial charge on any atom is 0.209 e. The van der Waals surface area contributed by atoms with Crippen molar-refractivity contribution in [2.75, 3.05) is 32.6 Å². The Morgan fingerprint density at radius 3 is 2.63 bits per heavy atom. The molecule has 0 spiro atoms. The van der Waals surface area contributed by atoms with Crippen molar-refractivity contribution in [3.63, 3.8) is 0 Å². The molecule has 2 atom stereocenters. The summed E-state index contributed by atoms with van der Waals surface area (Å²) in [6, 6.07) is 4.12. The molecule has 0 radical (unpaired) electrons. The maximum absolute atomic E-state index is 11.5. The lowest BCUT2D eigenvalue weighted by Crippen LogP contribution is -3.15. The lowest BCUT2D eigenvalue weighted by atomic mass is 10.1. The first-order valence-electron chi connectivity index (χ1n) is 6.40. The minimum absolute atomic E-state index is 0.123. The van der Waals surface area contributed by atoms with Crippen LogP contribution in [0.2, 0.25) is 0 Å². The van der Waals surface area contributed by atoms with Gasteiger partial charge in [-0.2, -0.15) is 0 Å². The summed E-state index contributed by atoms with van der Waals surface area (Å²) < 4.78 is 31.0. The van der Waals surface area contributed by atoms with Crippen molar-refractivity contribution in [3.05, 3.63) is 22.4 Å². The molecular weight excluding hydrogens is 284 g/mol. The number of quaternary nitrogens is 1. The van der Waals surface area contributed by atoms with Crippen LogP contribution in [0.5, 0.6) is 0 Å². The van der Waals surface area contributed by atoms with Gasteiger partial charge < -0.3 is 9.64 Å². The highest BCUT2D eigenvalue weighted by atomic mass is 32.2. The molecule has 2 rings (SSSR count). The highest BCUT2D eigenvalue weighted by Gasteiger charge is 2.33. The third-order valence-electron chi connectivity index (χ3n) is 3.32. The van der Waals surface area contributed by atoms with E-state index in [2.05, 4.69) is 10.8 Å². The van der Waals surface area contributed by atoms with Crippen LogP contribution in [0, 0.1) is 0 Å². The third kappa shape index (κ3) is 4.25. The zero-order valence-electron chi connectivity index (χ0n) is 11.3. The zero-order chi connectivity index (χ0) is 13.9. The quantitative estimate of drug-likeness (QED) is 0.781. The van der Waals surface area contributed by atoms with E-state index in [4.69, 9.17) is 4.74 Å². The summed E-state index contributed by atoms with van der Waals surface area (Å²) in [4.78, 5) is 2.61. The van der Waals surface area contributed by atoms with Gasteiger partial charge in [0, 0.05) is 0 Å². The molecule has 19 heavy (non-hydrogen) atoms. The first-order valence-corrected chi connectivity index (χ1v) is 9.17. The highest BCUT2D eigenvalue weighted by molar-refractivity contribution is 7.88. The molecule has 1 aliphatic heterocycles. The highest BCUT2D eigenvalue weighted by Crippen LogP contribution is 2.20. The number of rotatable bonds is 5. The van der Waals surface area contributed by atoms with E-state index in [0.717, 1.165) is 26.3 Å². The molecular formula is C12H21N2O3S2+. The van der Waals surface area contributed by atoms with E-state index in [1.807, 2.05) is 18.4 Å². The van der Waals surface area contributed by atoms with Gasteiger partial charge in [0.25, 0.3) is 0 Å². The molecule has 0 saturated carbocycles. The summed E-state index contributed by atoms with van der Waals surface area (Å²) in [5, 5.41) is 2.04. The van der Waals surface area contributed by atoms with Crippen molar-refractivity contribution in [1.82, 2.24) is 4.72 Å². The number of nitrogens with one attached hydrogen (secondary N) is 2. The van der Waals surface area contributed by atoms with E-state index in [1.54, 1.807) is 11.3 Å². The Labute approximate surface area is 118 Å². The van der Waals surface area contributed by atoms with Crippen LogP contribution in [0.1, 0.15) is 17.8 Å². The largest absolute Gasteiger partial charge is 0.370 e. The molecule has 1 fully saturated rings. The van der Waals surface area contributed by atoms with Gasteiger partial charge in [-0.05, 0) is 18.4 Å². The summed E-state index contributed by atoms with van der Waals surface area (Å²) in [7, 11) is -3.19. The van der Waals surface area contributed by atoms with Gasteiger partial charge in [0.05, 0.1) is 30.4 Å². The second-order valence-electron chi connectivity index (χ2n) is 4.94. The molecule has 7 heteroatoms. The normalized spacial score (nSPS) is 21.2. The van der Waals surface area contributed by atoms with Gasteiger partial charge in [-0.3, -0.25) is 0 Å². The van der Waals surface area contributed by atoms with Crippen molar-refractivity contribution in [3.8, 4) is 0 Å². The Hall–Kier alpha value is -0.470. The molecule has 0 aliphatic carbocycles. The van der Waals surface area contributed by atoms with E-state index in [-0.39, 0.29) is 12.1 Å². The molecule has 0 unspecified atom stereocenters. The van der Waals surface area contributed by atoms with Gasteiger partial charge in [0.2, 0.25) is 10.0 Å². The lowest BCUT2D eigenvalue weighted by molar-refractivity contribution is -0.939. The molecule has 1 saturated heterocycles. The van der Waals surface area contributed by atoms with Crippen molar-refractivity contribution in [2.45, 2.75) is 19.0 Å². The summed E-state index contributed by atoms with van der Waals surface area (Å²) in [6.45, 7) is 5.25. The van der Waals surface area contributed by atoms with Gasteiger partial charge in [0.15, 0.2) is 0 Å². The van der Waals surface area contributed by atoms with Crippen LogP contribution < -0.4 is 9.62 Å². The summed E-state index contributed by atoms with van der Waals surface area (Å²) in [6.07, 6.45) is 1.21. The molecule has 1 aromatic heterocycles. The Morgan fingerprint density at radius 2 is 2.11 bits per heavy atom. The second-order valence-corrected chi connectivity index (χ2v) is 7.70. The van der Waals surface area contributed by atoms with Crippen LogP contribution in [-0.2, 0) is 14.8 Å². The summed E-state index contributed by atoms with van der Waals surface area (Å²) in [5.74, 6) is 0. The minimum Gasteiger partial charge on any atom is -0.370 e. The van der Waals surface area contributed by atoms with Crippen molar-refractivity contribution >= 4 is 21.4 Å². The van der Waals surface area contributed by atoms with Crippen molar-refractivity contribution in [2.24, 2.45) is 0 Å². The van der Waals surface area contributed by atoms with Crippen molar-refractivity contribution in [1.29, 1.82) is 0 Å².